The molecule has 1 fully saturated rings. The highest BCUT2D eigenvalue weighted by molar-refractivity contribution is 5.17. The minimum atomic E-state index is -0.101. The van der Waals surface area contributed by atoms with E-state index in [4.69, 9.17) is 0 Å². The van der Waals surface area contributed by atoms with Gasteiger partial charge in [-0.15, -0.1) is 0 Å². The number of nitrogens with zero attached hydrogens (tertiary/aromatic N) is 1. The Kier molecular flexibility index (Phi) is 4.36. The Morgan fingerprint density at radius 1 is 1.39 bits per heavy atom. The number of rotatable bonds is 4. The lowest BCUT2D eigenvalue weighted by Gasteiger charge is -2.37. The summed E-state index contributed by atoms with van der Waals surface area (Å²) in [4.78, 5) is 2.23. The van der Waals surface area contributed by atoms with Gasteiger partial charge in [-0.25, -0.2) is 4.39 Å². The molecule has 100 valence electrons. The Labute approximate surface area is 109 Å². The van der Waals surface area contributed by atoms with E-state index in [2.05, 4.69) is 24.2 Å². The molecule has 0 bridgehead atoms. The van der Waals surface area contributed by atoms with E-state index in [0.717, 1.165) is 25.2 Å². The highest BCUT2D eigenvalue weighted by Gasteiger charge is 2.28. The lowest BCUT2D eigenvalue weighted by molar-refractivity contribution is 0.148. The number of hydrogen-bond donors (Lipinski definition) is 1. The van der Waals surface area contributed by atoms with Gasteiger partial charge in [0.25, 0.3) is 0 Å². The normalized spacial score (nSPS) is 24.4. The minimum absolute atomic E-state index is 0.101. The monoisotopic (exact) mass is 250 g/mol. The Hall–Kier alpha value is -0.930. The highest BCUT2D eigenvalue weighted by atomic mass is 19.1. The molecule has 1 saturated heterocycles. The first-order valence-corrected chi connectivity index (χ1v) is 6.72. The maximum atomic E-state index is 13.6. The standard InChI is InChI=1S/C15H23FN2/c1-15(8-5-9-17-11-15)12-18(2)10-13-6-3-4-7-14(13)16/h3-4,6-7,17H,5,8-12H2,1-2H3. The Balaban J connectivity index is 1.92. The summed E-state index contributed by atoms with van der Waals surface area (Å²) in [5.74, 6) is -0.101. The number of halogens is 1. The van der Waals surface area contributed by atoms with E-state index >= 15 is 0 Å². The smallest absolute Gasteiger partial charge is 0.127 e. The molecule has 3 heteroatoms. The molecule has 0 aliphatic carbocycles. The summed E-state index contributed by atoms with van der Waals surface area (Å²) in [5, 5.41) is 3.46. The van der Waals surface area contributed by atoms with Gasteiger partial charge in [-0.1, -0.05) is 25.1 Å². The summed E-state index contributed by atoms with van der Waals surface area (Å²) in [6.45, 7) is 6.20. The zero-order valence-corrected chi connectivity index (χ0v) is 11.4. The van der Waals surface area contributed by atoms with Crippen LogP contribution in [0.5, 0.6) is 0 Å². The first-order valence-electron chi connectivity index (χ1n) is 6.72. The quantitative estimate of drug-likeness (QED) is 0.884. The maximum absolute atomic E-state index is 13.6. The van der Waals surface area contributed by atoms with Crippen LogP contribution in [0.2, 0.25) is 0 Å². The Bertz CT molecular complexity index is 386. The van der Waals surface area contributed by atoms with Crippen LogP contribution in [0.3, 0.4) is 0 Å². The van der Waals surface area contributed by atoms with Gasteiger partial charge in [0, 0.05) is 25.2 Å². The van der Waals surface area contributed by atoms with Crippen LogP contribution in [-0.2, 0) is 6.54 Å². The van der Waals surface area contributed by atoms with E-state index in [-0.39, 0.29) is 5.82 Å². The molecule has 2 nitrogen and oxygen atoms in total. The lowest BCUT2D eigenvalue weighted by Crippen LogP contribution is -2.44. The van der Waals surface area contributed by atoms with E-state index < -0.39 is 0 Å². The summed E-state index contributed by atoms with van der Waals surface area (Å²) in [6.07, 6.45) is 2.49. The van der Waals surface area contributed by atoms with Crippen molar-refractivity contribution in [3.05, 3.63) is 35.6 Å². The average molecular weight is 250 g/mol. The summed E-state index contributed by atoms with van der Waals surface area (Å²) in [6, 6.07) is 7.04. The number of benzene rings is 1. The summed E-state index contributed by atoms with van der Waals surface area (Å²) < 4.78 is 13.6. The van der Waals surface area contributed by atoms with Crippen LogP contribution < -0.4 is 5.32 Å². The fourth-order valence-electron chi connectivity index (χ4n) is 2.88. The van der Waals surface area contributed by atoms with Crippen molar-refractivity contribution < 1.29 is 4.39 Å². The third kappa shape index (κ3) is 3.53. The fourth-order valence-corrected chi connectivity index (χ4v) is 2.88. The Morgan fingerprint density at radius 3 is 2.83 bits per heavy atom. The van der Waals surface area contributed by atoms with Crippen LogP contribution in [0.4, 0.5) is 4.39 Å². The summed E-state index contributed by atoms with van der Waals surface area (Å²) >= 11 is 0. The maximum Gasteiger partial charge on any atom is 0.127 e. The van der Waals surface area contributed by atoms with Gasteiger partial charge in [-0.2, -0.15) is 0 Å². The fraction of sp³-hybridized carbons (Fsp3) is 0.600. The van der Waals surface area contributed by atoms with Crippen molar-refractivity contribution >= 4 is 0 Å². The largest absolute Gasteiger partial charge is 0.316 e. The Morgan fingerprint density at radius 2 is 2.17 bits per heavy atom. The van der Waals surface area contributed by atoms with Gasteiger partial charge in [0.1, 0.15) is 5.82 Å². The van der Waals surface area contributed by atoms with Gasteiger partial charge in [0.15, 0.2) is 0 Å². The molecule has 1 aromatic carbocycles. The molecule has 0 saturated carbocycles. The van der Waals surface area contributed by atoms with Crippen LogP contribution in [0.15, 0.2) is 24.3 Å². The van der Waals surface area contributed by atoms with E-state index in [0.29, 0.717) is 12.0 Å². The van der Waals surface area contributed by atoms with Crippen LogP contribution in [0, 0.1) is 11.2 Å². The van der Waals surface area contributed by atoms with Crippen molar-refractivity contribution in [3.63, 3.8) is 0 Å². The molecular weight excluding hydrogens is 227 g/mol. The molecule has 0 spiro atoms. The van der Waals surface area contributed by atoms with Gasteiger partial charge >= 0.3 is 0 Å². The van der Waals surface area contributed by atoms with Crippen molar-refractivity contribution in [2.24, 2.45) is 5.41 Å². The molecule has 0 radical (unpaired) electrons. The lowest BCUT2D eigenvalue weighted by atomic mass is 9.82. The second-order valence-corrected chi connectivity index (χ2v) is 5.85. The summed E-state index contributed by atoms with van der Waals surface area (Å²) in [5.41, 5.74) is 1.10. The zero-order valence-electron chi connectivity index (χ0n) is 11.4. The molecule has 18 heavy (non-hydrogen) atoms. The molecule has 1 aliphatic heterocycles. The van der Waals surface area contributed by atoms with E-state index in [1.54, 1.807) is 6.07 Å². The van der Waals surface area contributed by atoms with Crippen molar-refractivity contribution in [1.82, 2.24) is 10.2 Å². The predicted molar refractivity (Wildman–Crippen MR) is 72.9 cm³/mol. The van der Waals surface area contributed by atoms with Crippen molar-refractivity contribution in [2.45, 2.75) is 26.3 Å². The first-order chi connectivity index (χ1) is 8.59. The molecule has 1 N–H and O–H groups in total. The highest BCUT2D eigenvalue weighted by Crippen LogP contribution is 2.26. The minimum Gasteiger partial charge on any atom is -0.316 e. The van der Waals surface area contributed by atoms with Crippen molar-refractivity contribution in [2.75, 3.05) is 26.7 Å². The van der Waals surface area contributed by atoms with Gasteiger partial charge in [0.2, 0.25) is 0 Å². The molecule has 1 atom stereocenters. The third-order valence-corrected chi connectivity index (χ3v) is 3.74. The SMILES string of the molecule is CN(Cc1ccccc1F)CC1(C)CCCNC1. The molecule has 1 heterocycles. The number of nitrogens with one attached hydrogen (secondary N) is 1. The molecule has 0 amide bonds. The van der Waals surface area contributed by atoms with Gasteiger partial charge < -0.3 is 10.2 Å². The molecule has 0 aromatic heterocycles. The van der Waals surface area contributed by atoms with Crippen molar-refractivity contribution in [1.29, 1.82) is 0 Å². The molecule has 1 aromatic rings. The van der Waals surface area contributed by atoms with Crippen LogP contribution >= 0.6 is 0 Å². The van der Waals surface area contributed by atoms with Crippen molar-refractivity contribution in [3.8, 4) is 0 Å². The second kappa shape index (κ2) is 5.81. The molecule has 2 rings (SSSR count). The molecule has 1 unspecified atom stereocenters. The van der Waals surface area contributed by atoms with Crippen LogP contribution in [0.25, 0.3) is 0 Å². The van der Waals surface area contributed by atoms with E-state index in [1.807, 2.05) is 12.1 Å². The van der Waals surface area contributed by atoms with Gasteiger partial charge in [-0.3, -0.25) is 0 Å². The first kappa shape index (κ1) is 13.5. The van der Waals surface area contributed by atoms with Gasteiger partial charge in [0.05, 0.1) is 0 Å². The van der Waals surface area contributed by atoms with Gasteiger partial charge in [-0.05, 0) is 37.9 Å². The van der Waals surface area contributed by atoms with Crippen LogP contribution in [0.1, 0.15) is 25.3 Å². The third-order valence-electron chi connectivity index (χ3n) is 3.74. The zero-order chi connectivity index (χ0) is 13.0. The molecule has 1 aliphatic rings. The molecular formula is C15H23FN2. The van der Waals surface area contributed by atoms with E-state index in [1.165, 1.54) is 18.9 Å². The van der Waals surface area contributed by atoms with Crippen LogP contribution in [-0.4, -0.2) is 31.6 Å². The number of piperidine rings is 1. The number of hydrogen-bond acceptors (Lipinski definition) is 2. The van der Waals surface area contributed by atoms with E-state index in [9.17, 15) is 4.39 Å². The second-order valence-electron chi connectivity index (χ2n) is 5.85. The average Bonchev–Trinajstić information content (AvgIpc) is 2.32. The topological polar surface area (TPSA) is 15.3 Å². The summed E-state index contributed by atoms with van der Waals surface area (Å²) in [7, 11) is 2.08. The predicted octanol–water partition coefficient (Wildman–Crippen LogP) is 2.65.